The zero-order chi connectivity index (χ0) is 16.6. The maximum atomic E-state index is 12.6. The molecule has 124 valence electrons. The first-order valence-electron chi connectivity index (χ1n) is 7.00. The van der Waals surface area contributed by atoms with Crippen LogP contribution in [0.15, 0.2) is 16.7 Å². The van der Waals surface area contributed by atoms with Gasteiger partial charge in [0.1, 0.15) is 0 Å². The average Bonchev–Trinajstić information content (AvgIpc) is 2.90. The summed E-state index contributed by atoms with van der Waals surface area (Å²) in [5.41, 5.74) is -0.0380. The molecule has 1 heterocycles. The number of aryl methyl sites for hydroxylation is 1. The van der Waals surface area contributed by atoms with Gasteiger partial charge in [-0.2, -0.15) is 4.98 Å². The minimum atomic E-state index is -3.21. The molecule has 0 unspecified atom stereocenters. The molecule has 0 aliphatic rings. The normalized spacial score (nSPS) is 11.6. The van der Waals surface area contributed by atoms with Gasteiger partial charge in [-0.25, -0.2) is 18.0 Å². The third-order valence-electron chi connectivity index (χ3n) is 3.07. The molecule has 0 atom stereocenters. The second kappa shape index (κ2) is 8.55. The summed E-state index contributed by atoms with van der Waals surface area (Å²) in [5.74, 6) is -3.70. The number of carboxylic acid groups (broad SMARTS) is 1. The standard InChI is InChI=1S/C14H19F3N2O3/c1-10(13(20)21)8-12-18-11(19-22-12)6-4-2-3-5-7-14(16,17)9-15/h1-9H2,(H,20,21). The van der Waals surface area contributed by atoms with Crippen LogP contribution in [0.3, 0.4) is 0 Å². The fourth-order valence-corrected chi connectivity index (χ4v) is 1.81. The number of hydrogen-bond donors (Lipinski definition) is 1. The Morgan fingerprint density at radius 2 is 1.95 bits per heavy atom. The van der Waals surface area contributed by atoms with E-state index in [1.54, 1.807) is 0 Å². The van der Waals surface area contributed by atoms with Crippen LogP contribution in [0.5, 0.6) is 0 Å². The van der Waals surface area contributed by atoms with Crippen LogP contribution >= 0.6 is 0 Å². The first-order valence-corrected chi connectivity index (χ1v) is 7.00. The van der Waals surface area contributed by atoms with Crippen molar-refractivity contribution in [2.24, 2.45) is 0 Å². The van der Waals surface area contributed by atoms with E-state index >= 15 is 0 Å². The van der Waals surface area contributed by atoms with E-state index in [1.807, 2.05) is 0 Å². The SMILES string of the molecule is C=C(Cc1nc(CCCCCCC(F)(F)CF)no1)C(=O)O. The van der Waals surface area contributed by atoms with E-state index in [9.17, 15) is 18.0 Å². The van der Waals surface area contributed by atoms with Crippen molar-refractivity contribution in [2.75, 3.05) is 6.67 Å². The van der Waals surface area contributed by atoms with Gasteiger partial charge in [-0.15, -0.1) is 0 Å². The van der Waals surface area contributed by atoms with E-state index in [-0.39, 0.29) is 24.3 Å². The first kappa shape index (κ1) is 18.2. The minimum absolute atomic E-state index is 0.0132. The maximum absolute atomic E-state index is 12.6. The molecule has 0 aliphatic carbocycles. The Kier molecular flexibility index (Phi) is 7.07. The van der Waals surface area contributed by atoms with Crippen molar-refractivity contribution in [3.8, 4) is 0 Å². The van der Waals surface area contributed by atoms with E-state index in [0.29, 0.717) is 31.5 Å². The molecule has 1 N–H and O–H groups in total. The zero-order valence-corrected chi connectivity index (χ0v) is 12.2. The van der Waals surface area contributed by atoms with Crippen LogP contribution in [-0.2, 0) is 17.6 Å². The van der Waals surface area contributed by atoms with Crippen molar-refractivity contribution in [3.63, 3.8) is 0 Å². The number of carbonyl (C=O) groups is 1. The predicted octanol–water partition coefficient (Wildman–Crippen LogP) is 3.35. The van der Waals surface area contributed by atoms with Gasteiger partial charge in [-0.05, 0) is 12.8 Å². The largest absolute Gasteiger partial charge is 0.478 e. The van der Waals surface area contributed by atoms with E-state index < -0.39 is 25.0 Å². The number of aromatic nitrogens is 2. The number of rotatable bonds is 11. The first-order chi connectivity index (χ1) is 10.3. The van der Waals surface area contributed by atoms with Crippen molar-refractivity contribution in [1.29, 1.82) is 0 Å². The lowest BCUT2D eigenvalue weighted by atomic mass is 10.1. The second-order valence-corrected chi connectivity index (χ2v) is 5.09. The van der Waals surface area contributed by atoms with Gasteiger partial charge in [0.15, 0.2) is 12.5 Å². The zero-order valence-electron chi connectivity index (χ0n) is 12.2. The summed E-state index contributed by atoms with van der Waals surface area (Å²) in [5, 5.41) is 12.4. The van der Waals surface area contributed by atoms with Gasteiger partial charge in [0.25, 0.3) is 5.92 Å². The van der Waals surface area contributed by atoms with Gasteiger partial charge in [-0.3, -0.25) is 0 Å². The summed E-state index contributed by atoms with van der Waals surface area (Å²) in [6.45, 7) is 1.76. The Hall–Kier alpha value is -1.86. The molecule has 0 amide bonds. The Balaban J connectivity index is 2.19. The van der Waals surface area contributed by atoms with Crippen LogP contribution in [-0.4, -0.2) is 33.8 Å². The van der Waals surface area contributed by atoms with E-state index in [1.165, 1.54) is 0 Å². The predicted molar refractivity (Wildman–Crippen MR) is 72.5 cm³/mol. The van der Waals surface area contributed by atoms with E-state index in [0.717, 1.165) is 0 Å². The summed E-state index contributed by atoms with van der Waals surface area (Å²) in [4.78, 5) is 14.6. The lowest BCUT2D eigenvalue weighted by Gasteiger charge is -2.10. The Morgan fingerprint density at radius 3 is 2.59 bits per heavy atom. The molecule has 1 rings (SSSR count). The van der Waals surface area contributed by atoms with Crippen molar-refractivity contribution < 1.29 is 27.6 Å². The van der Waals surface area contributed by atoms with Crippen molar-refractivity contribution >= 4 is 5.97 Å². The lowest BCUT2D eigenvalue weighted by molar-refractivity contribution is -0.132. The van der Waals surface area contributed by atoms with E-state index in [2.05, 4.69) is 16.7 Å². The molecule has 0 aromatic carbocycles. The summed E-state index contributed by atoms with van der Waals surface area (Å²) in [7, 11) is 0. The van der Waals surface area contributed by atoms with Gasteiger partial charge in [0.2, 0.25) is 5.89 Å². The van der Waals surface area contributed by atoms with Crippen LogP contribution in [0, 0.1) is 0 Å². The molecule has 0 saturated carbocycles. The van der Waals surface area contributed by atoms with Gasteiger partial charge < -0.3 is 9.63 Å². The Morgan fingerprint density at radius 1 is 1.27 bits per heavy atom. The highest BCUT2D eigenvalue weighted by atomic mass is 19.3. The second-order valence-electron chi connectivity index (χ2n) is 5.09. The topological polar surface area (TPSA) is 76.2 Å². The average molecular weight is 320 g/mol. The number of aliphatic carboxylic acids is 1. The maximum Gasteiger partial charge on any atom is 0.331 e. The molecule has 1 aromatic rings. The molecule has 0 spiro atoms. The molecule has 0 saturated heterocycles. The van der Waals surface area contributed by atoms with Gasteiger partial charge >= 0.3 is 5.97 Å². The molecule has 0 radical (unpaired) electrons. The minimum Gasteiger partial charge on any atom is -0.478 e. The molecule has 8 heteroatoms. The lowest BCUT2D eigenvalue weighted by Crippen LogP contribution is -2.18. The number of halogens is 3. The summed E-state index contributed by atoms with van der Waals surface area (Å²) < 4.78 is 42.1. The molecule has 0 bridgehead atoms. The quantitative estimate of drug-likeness (QED) is 0.500. The van der Waals surface area contributed by atoms with Gasteiger partial charge in [0.05, 0.1) is 6.42 Å². The number of hydrogen-bond acceptors (Lipinski definition) is 4. The molecular formula is C14H19F3N2O3. The molecule has 0 fully saturated rings. The van der Waals surface area contributed by atoms with Crippen LogP contribution in [0.4, 0.5) is 13.2 Å². The van der Waals surface area contributed by atoms with Crippen LogP contribution < -0.4 is 0 Å². The molecule has 0 aliphatic heterocycles. The molecule has 5 nitrogen and oxygen atoms in total. The molecular weight excluding hydrogens is 301 g/mol. The van der Waals surface area contributed by atoms with Crippen LogP contribution in [0.25, 0.3) is 0 Å². The van der Waals surface area contributed by atoms with Crippen LogP contribution in [0.2, 0.25) is 0 Å². The number of nitrogens with zero attached hydrogens (tertiary/aromatic N) is 2. The third-order valence-corrected chi connectivity index (χ3v) is 3.07. The smallest absolute Gasteiger partial charge is 0.331 e. The Labute approximate surface area is 126 Å². The van der Waals surface area contributed by atoms with Gasteiger partial charge in [0, 0.05) is 18.4 Å². The van der Waals surface area contributed by atoms with Crippen molar-refractivity contribution in [1.82, 2.24) is 10.1 Å². The van der Waals surface area contributed by atoms with Crippen LogP contribution in [0.1, 0.15) is 43.8 Å². The van der Waals surface area contributed by atoms with E-state index in [4.69, 9.17) is 9.63 Å². The number of carboxylic acids is 1. The highest BCUT2D eigenvalue weighted by molar-refractivity contribution is 5.86. The summed E-state index contributed by atoms with van der Waals surface area (Å²) in [6, 6.07) is 0. The molecule has 1 aromatic heterocycles. The van der Waals surface area contributed by atoms with Crippen molar-refractivity contribution in [2.45, 2.75) is 50.9 Å². The summed E-state index contributed by atoms with van der Waals surface area (Å²) >= 11 is 0. The van der Waals surface area contributed by atoms with Gasteiger partial charge in [-0.1, -0.05) is 24.6 Å². The third kappa shape index (κ3) is 6.73. The summed E-state index contributed by atoms with van der Waals surface area (Å²) in [6.07, 6.45) is 2.31. The molecule has 22 heavy (non-hydrogen) atoms. The monoisotopic (exact) mass is 320 g/mol. The number of alkyl halides is 3. The highest BCUT2D eigenvalue weighted by Crippen LogP contribution is 2.22. The Bertz CT molecular complexity index is 503. The number of unbranched alkanes of at least 4 members (excludes halogenated alkanes) is 3. The highest BCUT2D eigenvalue weighted by Gasteiger charge is 2.27. The van der Waals surface area contributed by atoms with Crippen molar-refractivity contribution in [3.05, 3.63) is 23.9 Å². The fourth-order valence-electron chi connectivity index (χ4n) is 1.81. The fraction of sp³-hybridized carbons (Fsp3) is 0.643.